The fraction of sp³-hybridized carbons (Fsp3) is 0. The predicted molar refractivity (Wildman–Crippen MR) is 67.4 cm³/mol. The van der Waals surface area contributed by atoms with Gasteiger partial charge in [0, 0.05) is 6.07 Å². The standard InChI is InChI=1S/C14H8ClFO2/c1-2-17-10-3-5-11(6-4-10)18-12-7-8-14(16)13(15)9-12/h1,3-9H. The van der Waals surface area contributed by atoms with E-state index in [0.717, 1.165) is 0 Å². The summed E-state index contributed by atoms with van der Waals surface area (Å²) in [5.74, 6) is 1.08. The van der Waals surface area contributed by atoms with Crippen LogP contribution in [0.25, 0.3) is 0 Å². The summed E-state index contributed by atoms with van der Waals surface area (Å²) in [5, 5.41) is 0.0137. The van der Waals surface area contributed by atoms with Crippen molar-refractivity contribution < 1.29 is 13.9 Å². The molecule has 0 bridgehead atoms. The Morgan fingerprint density at radius 3 is 2.22 bits per heavy atom. The van der Waals surface area contributed by atoms with Crippen LogP contribution < -0.4 is 9.47 Å². The van der Waals surface area contributed by atoms with Crippen LogP contribution in [0.3, 0.4) is 0 Å². The first-order valence-electron chi connectivity index (χ1n) is 5.04. The fourth-order valence-electron chi connectivity index (χ4n) is 1.32. The second-order valence-corrected chi connectivity index (χ2v) is 3.78. The van der Waals surface area contributed by atoms with Crippen molar-refractivity contribution in [2.24, 2.45) is 0 Å². The molecule has 2 rings (SSSR count). The topological polar surface area (TPSA) is 18.5 Å². The molecule has 0 spiro atoms. The van der Waals surface area contributed by atoms with Crippen LogP contribution in [0.4, 0.5) is 4.39 Å². The van der Waals surface area contributed by atoms with E-state index < -0.39 is 5.82 Å². The lowest BCUT2D eigenvalue weighted by atomic mass is 10.3. The van der Waals surface area contributed by atoms with Crippen LogP contribution in [0, 0.1) is 18.3 Å². The molecule has 0 fully saturated rings. The Balaban J connectivity index is 2.13. The third-order valence-electron chi connectivity index (χ3n) is 2.13. The van der Waals surface area contributed by atoms with Crippen molar-refractivity contribution in [3.63, 3.8) is 0 Å². The molecule has 0 heterocycles. The molecule has 0 aliphatic heterocycles. The van der Waals surface area contributed by atoms with Crippen molar-refractivity contribution in [3.8, 4) is 29.8 Å². The van der Waals surface area contributed by atoms with Gasteiger partial charge in [-0.05, 0) is 36.4 Å². The van der Waals surface area contributed by atoms with Crippen LogP contribution in [0.1, 0.15) is 0 Å². The minimum absolute atomic E-state index is 0.0137. The number of terminal acetylenes is 1. The van der Waals surface area contributed by atoms with Crippen LogP contribution >= 0.6 is 11.6 Å². The van der Waals surface area contributed by atoms with Crippen molar-refractivity contribution in [2.75, 3.05) is 0 Å². The zero-order valence-corrected chi connectivity index (χ0v) is 9.95. The number of halogens is 2. The van der Waals surface area contributed by atoms with E-state index in [-0.39, 0.29) is 5.02 Å². The Bertz CT molecular complexity index is 588. The molecule has 0 radical (unpaired) electrons. The summed E-state index contributed by atoms with van der Waals surface area (Å²) in [4.78, 5) is 0. The molecule has 2 aromatic carbocycles. The average molecular weight is 263 g/mol. The smallest absolute Gasteiger partial charge is 0.142 e. The molecule has 0 saturated carbocycles. The molecule has 0 unspecified atom stereocenters. The van der Waals surface area contributed by atoms with Gasteiger partial charge in [0.25, 0.3) is 0 Å². The minimum Gasteiger partial charge on any atom is -0.457 e. The number of rotatable bonds is 3. The summed E-state index contributed by atoms with van der Waals surface area (Å²) in [6.45, 7) is 0. The molecule has 18 heavy (non-hydrogen) atoms. The molecular weight excluding hydrogens is 255 g/mol. The van der Waals surface area contributed by atoms with E-state index in [9.17, 15) is 4.39 Å². The number of hydrogen-bond donors (Lipinski definition) is 0. The zero-order valence-electron chi connectivity index (χ0n) is 9.19. The first-order chi connectivity index (χ1) is 8.69. The molecule has 90 valence electrons. The summed E-state index contributed by atoms with van der Waals surface area (Å²) >= 11 is 5.65. The second-order valence-electron chi connectivity index (χ2n) is 3.37. The summed E-state index contributed by atoms with van der Waals surface area (Å²) in [5.41, 5.74) is 0. The van der Waals surface area contributed by atoms with Gasteiger partial charge in [0.2, 0.25) is 0 Å². The van der Waals surface area contributed by atoms with Gasteiger partial charge in [0.15, 0.2) is 0 Å². The third kappa shape index (κ3) is 2.93. The number of ether oxygens (including phenoxy) is 2. The molecule has 4 heteroatoms. The van der Waals surface area contributed by atoms with E-state index >= 15 is 0 Å². The lowest BCUT2D eigenvalue weighted by molar-refractivity contribution is 0.476. The maximum Gasteiger partial charge on any atom is 0.142 e. The maximum atomic E-state index is 13.0. The van der Waals surface area contributed by atoms with E-state index in [1.165, 1.54) is 18.2 Å². The largest absolute Gasteiger partial charge is 0.457 e. The zero-order chi connectivity index (χ0) is 13.0. The molecule has 0 amide bonds. The predicted octanol–water partition coefficient (Wildman–Crippen LogP) is 4.24. The molecule has 2 nitrogen and oxygen atoms in total. The van der Waals surface area contributed by atoms with Gasteiger partial charge in [-0.25, -0.2) is 4.39 Å². The molecule has 0 aliphatic carbocycles. The van der Waals surface area contributed by atoms with Gasteiger partial charge in [-0.2, -0.15) is 0 Å². The molecule has 0 saturated heterocycles. The first-order valence-corrected chi connectivity index (χ1v) is 5.42. The van der Waals surface area contributed by atoms with Gasteiger partial charge >= 0.3 is 0 Å². The highest BCUT2D eigenvalue weighted by atomic mass is 35.5. The molecule has 2 aromatic rings. The van der Waals surface area contributed by atoms with E-state index in [1.54, 1.807) is 24.3 Å². The van der Waals surface area contributed by atoms with Crippen LogP contribution in [-0.4, -0.2) is 0 Å². The second kappa shape index (κ2) is 5.44. The molecule has 0 N–H and O–H groups in total. The fourth-order valence-corrected chi connectivity index (χ4v) is 1.49. The molecule has 0 atom stereocenters. The van der Waals surface area contributed by atoms with Crippen molar-refractivity contribution in [2.45, 2.75) is 0 Å². The van der Waals surface area contributed by atoms with Crippen molar-refractivity contribution in [3.05, 3.63) is 53.3 Å². The number of benzene rings is 2. The van der Waals surface area contributed by atoms with Gasteiger partial charge in [-0.15, -0.1) is 0 Å². The monoisotopic (exact) mass is 262 g/mol. The Hall–Kier alpha value is -2.18. The van der Waals surface area contributed by atoms with Gasteiger partial charge in [-0.3, -0.25) is 0 Å². The van der Waals surface area contributed by atoms with E-state index in [2.05, 4.69) is 6.11 Å². The molecule has 0 aliphatic rings. The van der Waals surface area contributed by atoms with Gasteiger partial charge < -0.3 is 9.47 Å². The lowest BCUT2D eigenvalue weighted by Crippen LogP contribution is -1.86. The highest BCUT2D eigenvalue weighted by Crippen LogP contribution is 2.27. The van der Waals surface area contributed by atoms with Crippen molar-refractivity contribution in [1.82, 2.24) is 0 Å². The van der Waals surface area contributed by atoms with Crippen LogP contribution in [0.15, 0.2) is 42.5 Å². The summed E-state index contributed by atoms with van der Waals surface area (Å²) in [7, 11) is 0. The van der Waals surface area contributed by atoms with E-state index in [1.807, 2.05) is 0 Å². The van der Waals surface area contributed by atoms with Gasteiger partial charge in [-0.1, -0.05) is 18.0 Å². The summed E-state index contributed by atoms with van der Waals surface area (Å²) in [6.07, 6.45) is 7.07. The summed E-state index contributed by atoms with van der Waals surface area (Å²) < 4.78 is 23.3. The van der Waals surface area contributed by atoms with Crippen LogP contribution in [-0.2, 0) is 0 Å². The van der Waals surface area contributed by atoms with Crippen LogP contribution in [0.5, 0.6) is 17.2 Å². The SMILES string of the molecule is C#COc1ccc(Oc2ccc(F)c(Cl)c2)cc1. The van der Waals surface area contributed by atoms with Crippen molar-refractivity contribution >= 4 is 11.6 Å². The van der Waals surface area contributed by atoms with E-state index in [4.69, 9.17) is 27.5 Å². The third-order valence-corrected chi connectivity index (χ3v) is 2.42. The van der Waals surface area contributed by atoms with Gasteiger partial charge in [0.05, 0.1) is 5.02 Å². The highest BCUT2D eigenvalue weighted by Gasteiger charge is 2.03. The maximum absolute atomic E-state index is 13.0. The Kier molecular flexibility index (Phi) is 3.71. The average Bonchev–Trinajstić information content (AvgIpc) is 2.37. The minimum atomic E-state index is -0.484. The van der Waals surface area contributed by atoms with Crippen LogP contribution in [0.2, 0.25) is 5.02 Å². The Labute approximate surface area is 109 Å². The van der Waals surface area contributed by atoms with Crippen molar-refractivity contribution in [1.29, 1.82) is 0 Å². The quantitative estimate of drug-likeness (QED) is 0.770. The summed E-state index contributed by atoms with van der Waals surface area (Å²) in [6, 6.07) is 10.8. The lowest BCUT2D eigenvalue weighted by Gasteiger charge is -2.06. The van der Waals surface area contributed by atoms with E-state index in [0.29, 0.717) is 17.2 Å². The highest BCUT2D eigenvalue weighted by molar-refractivity contribution is 6.30. The molecular formula is C14H8ClFO2. The first kappa shape index (κ1) is 12.3. The normalized spacial score (nSPS) is 9.61. The molecule has 0 aromatic heterocycles. The van der Waals surface area contributed by atoms with Gasteiger partial charge in [0.1, 0.15) is 29.2 Å². The Morgan fingerprint density at radius 2 is 1.61 bits per heavy atom. The number of hydrogen-bond acceptors (Lipinski definition) is 2. The Morgan fingerprint density at radius 1 is 1.00 bits per heavy atom.